The van der Waals surface area contributed by atoms with Crippen molar-refractivity contribution in [2.45, 2.75) is 51.4 Å². The van der Waals surface area contributed by atoms with Gasteiger partial charge in [-0.15, -0.1) is 6.58 Å². The molecule has 0 bridgehead atoms. The van der Waals surface area contributed by atoms with Crippen molar-refractivity contribution in [1.82, 2.24) is 0 Å². The summed E-state index contributed by atoms with van der Waals surface area (Å²) in [5, 5.41) is 9.19. The lowest BCUT2D eigenvalue weighted by molar-refractivity contribution is 0.00878. The van der Waals surface area contributed by atoms with E-state index in [-0.39, 0.29) is 5.75 Å². The summed E-state index contributed by atoms with van der Waals surface area (Å²) in [6.07, 6.45) is 12.1. The Morgan fingerprint density at radius 2 is 1.14 bits per heavy atom. The molecule has 0 aliphatic heterocycles. The van der Waals surface area contributed by atoms with E-state index in [4.69, 9.17) is 18.9 Å². The van der Waals surface area contributed by atoms with Crippen LogP contribution in [0.25, 0.3) is 0 Å². The van der Waals surface area contributed by atoms with Crippen LogP contribution in [0.2, 0.25) is 0 Å². The van der Waals surface area contributed by atoms with Gasteiger partial charge in [0.15, 0.2) is 0 Å². The number of ether oxygens (including phenoxy) is 4. The molecule has 28 heavy (non-hydrogen) atoms. The number of phenols is 1. The van der Waals surface area contributed by atoms with Gasteiger partial charge in [0.2, 0.25) is 0 Å². The monoisotopic (exact) mass is 394 g/mol. The Balaban J connectivity index is 1.71. The van der Waals surface area contributed by atoms with Crippen molar-refractivity contribution < 1.29 is 24.1 Å². The molecule has 5 heteroatoms. The number of rotatable bonds is 20. The Morgan fingerprint density at radius 1 is 0.643 bits per heavy atom. The predicted octanol–water partition coefficient (Wildman–Crippen LogP) is 5.13. The molecule has 1 aromatic rings. The van der Waals surface area contributed by atoms with Crippen LogP contribution in [0.5, 0.6) is 11.5 Å². The average molecular weight is 395 g/mol. The second-order valence-electron chi connectivity index (χ2n) is 6.73. The molecular weight excluding hydrogens is 356 g/mol. The smallest absolute Gasteiger partial charge is 0.119 e. The SMILES string of the molecule is C=CCCCCCCCCCOCCOCCOCCOc1ccc(O)cc1. The van der Waals surface area contributed by atoms with Crippen LogP contribution in [0.3, 0.4) is 0 Å². The summed E-state index contributed by atoms with van der Waals surface area (Å²) in [5.74, 6) is 0.952. The summed E-state index contributed by atoms with van der Waals surface area (Å²) in [5.41, 5.74) is 0. The molecule has 0 fully saturated rings. The molecule has 0 unspecified atom stereocenters. The normalized spacial score (nSPS) is 10.9. The summed E-state index contributed by atoms with van der Waals surface area (Å²) in [4.78, 5) is 0. The predicted molar refractivity (Wildman–Crippen MR) is 113 cm³/mol. The zero-order chi connectivity index (χ0) is 20.1. The van der Waals surface area contributed by atoms with Crippen LogP contribution in [0.15, 0.2) is 36.9 Å². The van der Waals surface area contributed by atoms with Crippen molar-refractivity contribution >= 4 is 0 Å². The first-order chi connectivity index (χ1) is 13.8. The van der Waals surface area contributed by atoms with Crippen LogP contribution in [0.1, 0.15) is 51.4 Å². The van der Waals surface area contributed by atoms with E-state index in [0.29, 0.717) is 39.6 Å². The largest absolute Gasteiger partial charge is 0.508 e. The van der Waals surface area contributed by atoms with Gasteiger partial charge >= 0.3 is 0 Å². The zero-order valence-corrected chi connectivity index (χ0v) is 17.3. The van der Waals surface area contributed by atoms with E-state index in [1.54, 1.807) is 24.3 Å². The minimum Gasteiger partial charge on any atom is -0.508 e. The molecule has 1 rings (SSSR count). The molecule has 0 saturated heterocycles. The van der Waals surface area contributed by atoms with Crippen LogP contribution in [-0.4, -0.2) is 51.4 Å². The first-order valence-corrected chi connectivity index (χ1v) is 10.6. The fourth-order valence-corrected chi connectivity index (χ4v) is 2.68. The lowest BCUT2D eigenvalue weighted by Crippen LogP contribution is -2.12. The van der Waals surface area contributed by atoms with Crippen molar-refractivity contribution in [1.29, 1.82) is 0 Å². The number of aromatic hydroxyl groups is 1. The molecule has 1 aromatic carbocycles. The summed E-state index contributed by atoms with van der Waals surface area (Å²) >= 11 is 0. The minimum atomic E-state index is 0.232. The highest BCUT2D eigenvalue weighted by Crippen LogP contribution is 2.15. The Morgan fingerprint density at radius 3 is 1.75 bits per heavy atom. The molecule has 0 heterocycles. The van der Waals surface area contributed by atoms with Crippen LogP contribution in [-0.2, 0) is 14.2 Å². The maximum atomic E-state index is 9.19. The molecule has 0 radical (unpaired) electrons. The zero-order valence-electron chi connectivity index (χ0n) is 17.3. The van der Waals surface area contributed by atoms with Crippen LogP contribution < -0.4 is 4.74 Å². The molecule has 0 spiro atoms. The highest BCUT2D eigenvalue weighted by atomic mass is 16.6. The Hall–Kier alpha value is -1.56. The number of phenolic OH excluding ortho intramolecular Hbond substituents is 1. The lowest BCUT2D eigenvalue weighted by atomic mass is 10.1. The highest BCUT2D eigenvalue weighted by molar-refractivity contribution is 5.29. The average Bonchev–Trinajstić information content (AvgIpc) is 2.71. The fraction of sp³-hybridized carbons (Fsp3) is 0.652. The lowest BCUT2D eigenvalue weighted by Gasteiger charge is -2.08. The summed E-state index contributed by atoms with van der Waals surface area (Å²) in [7, 11) is 0. The molecule has 0 aliphatic rings. The molecule has 0 aliphatic carbocycles. The van der Waals surface area contributed by atoms with Crippen molar-refractivity contribution in [3.05, 3.63) is 36.9 Å². The maximum Gasteiger partial charge on any atom is 0.119 e. The van der Waals surface area contributed by atoms with Gasteiger partial charge in [-0.05, 0) is 43.5 Å². The third-order valence-corrected chi connectivity index (χ3v) is 4.27. The first-order valence-electron chi connectivity index (χ1n) is 10.6. The van der Waals surface area contributed by atoms with E-state index in [9.17, 15) is 5.11 Å². The third-order valence-electron chi connectivity index (χ3n) is 4.27. The number of unbranched alkanes of at least 4 members (excludes halogenated alkanes) is 7. The van der Waals surface area contributed by atoms with Gasteiger partial charge < -0.3 is 24.1 Å². The number of benzene rings is 1. The van der Waals surface area contributed by atoms with Crippen molar-refractivity contribution in [2.75, 3.05) is 46.2 Å². The number of hydrogen-bond acceptors (Lipinski definition) is 5. The van der Waals surface area contributed by atoms with E-state index in [1.165, 1.54) is 38.5 Å². The van der Waals surface area contributed by atoms with Gasteiger partial charge in [-0.25, -0.2) is 0 Å². The van der Waals surface area contributed by atoms with Gasteiger partial charge in [0.25, 0.3) is 0 Å². The van der Waals surface area contributed by atoms with Crippen LogP contribution >= 0.6 is 0 Å². The topological polar surface area (TPSA) is 57.2 Å². The molecule has 160 valence electrons. The quantitative estimate of drug-likeness (QED) is 0.245. The van der Waals surface area contributed by atoms with E-state index >= 15 is 0 Å². The Kier molecular flexibility index (Phi) is 16.4. The van der Waals surface area contributed by atoms with E-state index in [1.807, 2.05) is 6.08 Å². The molecule has 0 saturated carbocycles. The minimum absolute atomic E-state index is 0.232. The molecule has 5 nitrogen and oxygen atoms in total. The Bertz CT molecular complexity index is 461. The molecule has 0 amide bonds. The third kappa shape index (κ3) is 15.5. The number of allylic oxidation sites excluding steroid dienone is 1. The van der Waals surface area contributed by atoms with Crippen molar-refractivity contribution in [2.24, 2.45) is 0 Å². The maximum absolute atomic E-state index is 9.19. The van der Waals surface area contributed by atoms with Gasteiger partial charge in [0.05, 0.1) is 33.0 Å². The molecular formula is C23H38O5. The van der Waals surface area contributed by atoms with Crippen molar-refractivity contribution in [3.8, 4) is 11.5 Å². The molecule has 1 N–H and O–H groups in total. The first kappa shape index (κ1) is 24.5. The molecule has 0 aromatic heterocycles. The van der Waals surface area contributed by atoms with Gasteiger partial charge in [-0.3, -0.25) is 0 Å². The number of hydrogen-bond donors (Lipinski definition) is 1. The highest BCUT2D eigenvalue weighted by Gasteiger charge is 1.96. The summed E-state index contributed by atoms with van der Waals surface area (Å²) < 4.78 is 22.0. The van der Waals surface area contributed by atoms with Gasteiger partial charge in [-0.1, -0.05) is 38.2 Å². The van der Waals surface area contributed by atoms with Gasteiger partial charge in [0, 0.05) is 6.61 Å². The van der Waals surface area contributed by atoms with E-state index in [2.05, 4.69) is 6.58 Å². The van der Waals surface area contributed by atoms with Gasteiger partial charge in [-0.2, -0.15) is 0 Å². The van der Waals surface area contributed by atoms with Crippen molar-refractivity contribution in [3.63, 3.8) is 0 Å². The van der Waals surface area contributed by atoms with E-state index < -0.39 is 0 Å². The molecule has 0 atom stereocenters. The van der Waals surface area contributed by atoms with Gasteiger partial charge in [0.1, 0.15) is 18.1 Å². The summed E-state index contributed by atoms with van der Waals surface area (Å²) in [6, 6.07) is 6.65. The van der Waals surface area contributed by atoms with E-state index in [0.717, 1.165) is 25.2 Å². The summed E-state index contributed by atoms with van der Waals surface area (Å²) in [6.45, 7) is 7.92. The fourth-order valence-electron chi connectivity index (χ4n) is 2.68. The second kappa shape index (κ2) is 18.8. The second-order valence-corrected chi connectivity index (χ2v) is 6.73. The Labute approximate surface area is 170 Å². The standard InChI is InChI=1S/C23H38O5/c1-2-3-4-5-6-7-8-9-10-15-25-16-17-26-18-19-27-20-21-28-23-13-11-22(24)12-14-23/h2,11-14,24H,1,3-10,15-21H2. The van der Waals surface area contributed by atoms with Crippen LogP contribution in [0, 0.1) is 0 Å². The van der Waals surface area contributed by atoms with Crippen LogP contribution in [0.4, 0.5) is 0 Å².